The molecular formula is C23H21N5O2. The van der Waals surface area contributed by atoms with Gasteiger partial charge in [0.05, 0.1) is 17.6 Å². The molecule has 2 aromatic carbocycles. The molecule has 30 heavy (non-hydrogen) atoms. The molecular weight excluding hydrogens is 378 g/mol. The number of rotatable bonds is 3. The highest BCUT2D eigenvalue weighted by Crippen LogP contribution is 2.28. The molecule has 0 bridgehead atoms. The van der Waals surface area contributed by atoms with Gasteiger partial charge >= 0.3 is 0 Å². The van der Waals surface area contributed by atoms with Crippen molar-refractivity contribution in [2.75, 3.05) is 31.1 Å². The first-order valence-electron chi connectivity index (χ1n) is 9.93. The Bertz CT molecular complexity index is 1200. The lowest BCUT2D eigenvalue weighted by Crippen LogP contribution is -2.48. The van der Waals surface area contributed by atoms with Crippen LogP contribution in [0, 0.1) is 0 Å². The Hall–Kier alpha value is -3.87. The summed E-state index contributed by atoms with van der Waals surface area (Å²) in [5.41, 5.74) is 3.77. The first-order valence-corrected chi connectivity index (χ1v) is 9.93. The van der Waals surface area contributed by atoms with Crippen molar-refractivity contribution < 1.29 is 9.90 Å². The van der Waals surface area contributed by atoms with Crippen molar-refractivity contribution in [2.45, 2.75) is 0 Å². The van der Waals surface area contributed by atoms with E-state index in [0.717, 1.165) is 16.9 Å². The van der Waals surface area contributed by atoms with E-state index >= 15 is 0 Å². The molecule has 1 aliphatic heterocycles. The van der Waals surface area contributed by atoms with E-state index in [4.69, 9.17) is 0 Å². The molecule has 4 aromatic rings. The van der Waals surface area contributed by atoms with Crippen LogP contribution in [-0.2, 0) is 0 Å². The summed E-state index contributed by atoms with van der Waals surface area (Å²) in [6.45, 7) is 2.46. The Morgan fingerprint density at radius 2 is 1.63 bits per heavy atom. The summed E-state index contributed by atoms with van der Waals surface area (Å²) in [5.74, 6) is 0.192. The molecule has 0 aliphatic carbocycles. The van der Waals surface area contributed by atoms with Crippen LogP contribution >= 0.6 is 0 Å². The highest BCUT2D eigenvalue weighted by molar-refractivity contribution is 6.00. The van der Waals surface area contributed by atoms with E-state index in [9.17, 15) is 9.90 Å². The van der Waals surface area contributed by atoms with E-state index in [0.29, 0.717) is 37.4 Å². The van der Waals surface area contributed by atoms with Crippen molar-refractivity contribution in [2.24, 2.45) is 0 Å². The summed E-state index contributed by atoms with van der Waals surface area (Å²) in [4.78, 5) is 21.5. The molecule has 1 aliphatic rings. The minimum Gasteiger partial charge on any atom is -0.506 e. The van der Waals surface area contributed by atoms with Gasteiger partial charge in [0, 0.05) is 37.9 Å². The van der Waals surface area contributed by atoms with E-state index in [1.807, 2.05) is 53.4 Å². The monoisotopic (exact) mass is 399 g/mol. The third kappa shape index (κ3) is 3.14. The molecule has 1 N–H and O–H groups in total. The zero-order chi connectivity index (χ0) is 20.5. The molecule has 0 unspecified atom stereocenters. The van der Waals surface area contributed by atoms with Gasteiger partial charge in [-0.3, -0.25) is 4.79 Å². The number of amides is 1. The highest BCUT2D eigenvalue weighted by atomic mass is 16.3. The Morgan fingerprint density at radius 3 is 2.40 bits per heavy atom. The van der Waals surface area contributed by atoms with Gasteiger partial charge in [-0.1, -0.05) is 42.5 Å². The van der Waals surface area contributed by atoms with Crippen molar-refractivity contribution in [3.05, 3.63) is 78.6 Å². The number of hydrogen-bond acceptors (Lipinski definition) is 5. The van der Waals surface area contributed by atoms with E-state index in [-0.39, 0.29) is 11.7 Å². The fourth-order valence-corrected chi connectivity index (χ4v) is 3.92. The van der Waals surface area contributed by atoms with Crippen LogP contribution in [0.1, 0.15) is 10.4 Å². The minimum absolute atomic E-state index is 0.0698. The average molecular weight is 399 g/mol. The minimum atomic E-state index is -0.0698. The quantitative estimate of drug-likeness (QED) is 0.573. The van der Waals surface area contributed by atoms with Gasteiger partial charge in [0.1, 0.15) is 11.3 Å². The van der Waals surface area contributed by atoms with Crippen LogP contribution in [0.2, 0.25) is 0 Å². The number of aromatic nitrogens is 3. The maximum atomic E-state index is 13.2. The van der Waals surface area contributed by atoms with Gasteiger partial charge in [-0.25, -0.2) is 9.50 Å². The van der Waals surface area contributed by atoms with Crippen molar-refractivity contribution in [1.29, 1.82) is 0 Å². The van der Waals surface area contributed by atoms with E-state index < -0.39 is 0 Å². The molecule has 1 amide bonds. The molecule has 0 atom stereocenters. The van der Waals surface area contributed by atoms with E-state index in [1.54, 1.807) is 29.0 Å². The van der Waals surface area contributed by atoms with Crippen LogP contribution in [0.15, 0.2) is 73.1 Å². The number of piperazine rings is 1. The van der Waals surface area contributed by atoms with Gasteiger partial charge in [-0.2, -0.15) is 5.10 Å². The van der Waals surface area contributed by atoms with Gasteiger partial charge in [0.15, 0.2) is 5.65 Å². The van der Waals surface area contributed by atoms with Crippen LogP contribution in [0.5, 0.6) is 5.75 Å². The number of para-hydroxylation sites is 2. The topological polar surface area (TPSA) is 74.0 Å². The van der Waals surface area contributed by atoms with Crippen LogP contribution < -0.4 is 4.90 Å². The summed E-state index contributed by atoms with van der Waals surface area (Å²) in [6.07, 6.45) is 3.32. The second-order valence-corrected chi connectivity index (χ2v) is 7.26. The number of aromatic hydroxyl groups is 1. The van der Waals surface area contributed by atoms with Gasteiger partial charge in [0.25, 0.3) is 5.91 Å². The normalized spacial score (nSPS) is 14.3. The van der Waals surface area contributed by atoms with Gasteiger partial charge in [-0.05, 0) is 18.2 Å². The van der Waals surface area contributed by atoms with E-state index in [2.05, 4.69) is 15.0 Å². The summed E-state index contributed by atoms with van der Waals surface area (Å²) in [7, 11) is 0. The maximum absolute atomic E-state index is 13.2. The molecule has 1 saturated heterocycles. The third-order valence-electron chi connectivity index (χ3n) is 5.49. The van der Waals surface area contributed by atoms with Crippen molar-refractivity contribution in [1.82, 2.24) is 19.5 Å². The predicted molar refractivity (Wildman–Crippen MR) is 115 cm³/mol. The number of phenolic OH excluding ortho intramolecular Hbond substituents is 1. The molecule has 5 rings (SSSR count). The van der Waals surface area contributed by atoms with Gasteiger partial charge in [0.2, 0.25) is 0 Å². The number of hydrogen-bond donors (Lipinski definition) is 1. The molecule has 7 nitrogen and oxygen atoms in total. The third-order valence-corrected chi connectivity index (χ3v) is 5.49. The summed E-state index contributed by atoms with van der Waals surface area (Å²) in [6, 6.07) is 19.1. The number of carbonyl (C=O) groups excluding carboxylic acids is 1. The number of benzene rings is 2. The largest absolute Gasteiger partial charge is 0.506 e. The second kappa shape index (κ2) is 7.51. The number of fused-ring (bicyclic) bond motifs is 1. The molecule has 0 radical (unpaired) electrons. The van der Waals surface area contributed by atoms with Gasteiger partial charge in [-0.15, -0.1) is 0 Å². The SMILES string of the molecule is O=C(c1cnn2c(-c3ccccc3)ccnc12)N1CCN(c2ccccc2O)CC1. The number of anilines is 1. The van der Waals surface area contributed by atoms with E-state index in [1.165, 1.54) is 0 Å². The zero-order valence-electron chi connectivity index (χ0n) is 16.3. The predicted octanol–water partition coefficient (Wildman–Crippen LogP) is 3.06. The number of phenols is 1. The lowest BCUT2D eigenvalue weighted by atomic mass is 10.1. The lowest BCUT2D eigenvalue weighted by molar-refractivity contribution is 0.0748. The maximum Gasteiger partial charge on any atom is 0.259 e. The fraction of sp³-hybridized carbons (Fsp3) is 0.174. The first-order chi connectivity index (χ1) is 14.7. The molecule has 2 aromatic heterocycles. The summed E-state index contributed by atoms with van der Waals surface area (Å²) >= 11 is 0. The number of nitrogens with zero attached hydrogens (tertiary/aromatic N) is 5. The molecule has 150 valence electrons. The Morgan fingerprint density at radius 1 is 0.900 bits per heavy atom. The first kappa shape index (κ1) is 18.2. The summed E-state index contributed by atoms with van der Waals surface area (Å²) in [5, 5.41) is 14.5. The Balaban J connectivity index is 1.38. The van der Waals surface area contributed by atoms with Crippen LogP contribution in [0.25, 0.3) is 16.9 Å². The lowest BCUT2D eigenvalue weighted by Gasteiger charge is -2.36. The molecule has 0 saturated carbocycles. The van der Waals surface area contributed by atoms with Gasteiger partial charge < -0.3 is 14.9 Å². The van der Waals surface area contributed by atoms with Crippen LogP contribution in [0.3, 0.4) is 0 Å². The molecule has 0 spiro atoms. The highest BCUT2D eigenvalue weighted by Gasteiger charge is 2.26. The van der Waals surface area contributed by atoms with Crippen LogP contribution in [0.4, 0.5) is 5.69 Å². The standard InChI is InChI=1S/C23H21N5O2/c29-21-9-5-4-8-20(21)26-12-14-27(15-13-26)23(30)18-16-25-28-19(10-11-24-22(18)28)17-6-2-1-3-7-17/h1-11,16,29H,12-15H2. The van der Waals surface area contributed by atoms with Crippen molar-refractivity contribution in [3.63, 3.8) is 0 Å². The van der Waals surface area contributed by atoms with Crippen molar-refractivity contribution in [3.8, 4) is 17.0 Å². The molecule has 7 heteroatoms. The molecule has 1 fully saturated rings. The van der Waals surface area contributed by atoms with Crippen molar-refractivity contribution >= 4 is 17.2 Å². The average Bonchev–Trinajstić information content (AvgIpc) is 3.24. The smallest absolute Gasteiger partial charge is 0.259 e. The number of carbonyl (C=O) groups is 1. The zero-order valence-corrected chi connectivity index (χ0v) is 16.3. The second-order valence-electron chi connectivity index (χ2n) is 7.26. The van der Waals surface area contributed by atoms with Crippen LogP contribution in [-0.4, -0.2) is 56.7 Å². The fourth-order valence-electron chi connectivity index (χ4n) is 3.92. The summed E-state index contributed by atoms with van der Waals surface area (Å²) < 4.78 is 1.72. The Labute approximate surface area is 173 Å². The Kier molecular flexibility index (Phi) is 4.55. The molecule has 3 heterocycles.